The summed E-state index contributed by atoms with van der Waals surface area (Å²) in [5.74, 6) is -0.493. The van der Waals surface area contributed by atoms with Gasteiger partial charge in [0.05, 0.1) is 12.9 Å². The standard InChI is InChI=1S/C11H16N6O4.ClH/c1-6(12)10(19)21-3-2-20-5-17-4-14-7-8(17)15-11(13)16-9(7)18;/h4,6H,2-3,5,12H2,1H3,(H3,13,15,16,18);1H. The van der Waals surface area contributed by atoms with Crippen LogP contribution in [0.1, 0.15) is 6.92 Å². The first-order valence-electron chi connectivity index (χ1n) is 6.19. The van der Waals surface area contributed by atoms with Gasteiger partial charge in [-0.15, -0.1) is 12.4 Å². The molecule has 0 saturated carbocycles. The van der Waals surface area contributed by atoms with E-state index in [2.05, 4.69) is 15.0 Å². The van der Waals surface area contributed by atoms with E-state index in [1.165, 1.54) is 17.8 Å². The van der Waals surface area contributed by atoms with Gasteiger partial charge in [-0.3, -0.25) is 19.1 Å². The summed E-state index contributed by atoms with van der Waals surface area (Å²) in [6, 6.07) is -0.665. The molecule has 22 heavy (non-hydrogen) atoms. The van der Waals surface area contributed by atoms with Crippen LogP contribution < -0.4 is 17.0 Å². The molecule has 0 bridgehead atoms. The van der Waals surface area contributed by atoms with Crippen molar-refractivity contribution in [3.63, 3.8) is 0 Å². The van der Waals surface area contributed by atoms with Gasteiger partial charge in [-0.1, -0.05) is 0 Å². The zero-order valence-electron chi connectivity index (χ0n) is 11.8. The summed E-state index contributed by atoms with van der Waals surface area (Å²) in [5.41, 5.74) is 10.9. The number of hydrogen-bond donors (Lipinski definition) is 3. The number of ether oxygens (including phenoxy) is 2. The molecular formula is C11H17ClN6O4. The second-order valence-corrected chi connectivity index (χ2v) is 4.33. The average Bonchev–Trinajstić information content (AvgIpc) is 2.81. The van der Waals surface area contributed by atoms with Gasteiger partial charge in [-0.2, -0.15) is 4.98 Å². The van der Waals surface area contributed by atoms with Crippen LogP contribution in [0.15, 0.2) is 11.1 Å². The number of aromatic nitrogens is 4. The molecule has 0 spiro atoms. The minimum Gasteiger partial charge on any atom is -0.462 e. The first kappa shape index (κ1) is 17.9. The van der Waals surface area contributed by atoms with Crippen molar-refractivity contribution in [1.29, 1.82) is 0 Å². The molecule has 2 rings (SSSR count). The van der Waals surface area contributed by atoms with Crippen molar-refractivity contribution in [1.82, 2.24) is 19.5 Å². The minimum absolute atomic E-state index is 0. The number of fused-ring (bicyclic) bond motifs is 1. The Morgan fingerprint density at radius 1 is 1.50 bits per heavy atom. The summed E-state index contributed by atoms with van der Waals surface area (Å²) in [6.45, 7) is 1.90. The number of esters is 1. The minimum atomic E-state index is -0.665. The van der Waals surface area contributed by atoms with E-state index in [9.17, 15) is 9.59 Å². The van der Waals surface area contributed by atoms with E-state index in [-0.39, 0.29) is 43.8 Å². The Bertz CT molecular complexity index is 697. The number of nitrogens with two attached hydrogens (primary N) is 2. The highest BCUT2D eigenvalue weighted by atomic mass is 35.5. The fraction of sp³-hybridized carbons (Fsp3) is 0.455. The third-order valence-corrected chi connectivity index (χ3v) is 2.57. The number of aromatic amines is 1. The van der Waals surface area contributed by atoms with Crippen LogP contribution in [0.25, 0.3) is 11.2 Å². The number of carbonyl (C=O) groups excluding carboxylic acids is 1. The second-order valence-electron chi connectivity index (χ2n) is 4.33. The Labute approximate surface area is 131 Å². The number of halogens is 1. The van der Waals surface area contributed by atoms with Gasteiger partial charge >= 0.3 is 5.97 Å². The summed E-state index contributed by atoms with van der Waals surface area (Å²) < 4.78 is 11.7. The molecule has 0 aliphatic carbocycles. The normalized spacial score (nSPS) is 11.9. The van der Waals surface area contributed by atoms with E-state index in [0.29, 0.717) is 5.65 Å². The molecule has 0 aromatic carbocycles. The molecule has 0 saturated heterocycles. The number of anilines is 1. The molecule has 0 fully saturated rings. The summed E-state index contributed by atoms with van der Waals surface area (Å²) >= 11 is 0. The maximum absolute atomic E-state index is 11.6. The lowest BCUT2D eigenvalue weighted by molar-refractivity contribution is -0.146. The molecule has 2 aromatic heterocycles. The number of carbonyl (C=O) groups is 1. The van der Waals surface area contributed by atoms with Gasteiger partial charge in [0.1, 0.15) is 19.4 Å². The maximum atomic E-state index is 11.6. The van der Waals surface area contributed by atoms with Gasteiger partial charge in [-0.05, 0) is 6.92 Å². The van der Waals surface area contributed by atoms with Crippen molar-refractivity contribution in [3.8, 4) is 0 Å². The van der Waals surface area contributed by atoms with E-state index >= 15 is 0 Å². The Balaban J connectivity index is 0.00000242. The van der Waals surface area contributed by atoms with E-state index in [1.54, 1.807) is 0 Å². The molecule has 0 amide bonds. The number of imidazole rings is 1. The molecular weight excluding hydrogens is 316 g/mol. The Morgan fingerprint density at radius 2 is 2.23 bits per heavy atom. The first-order valence-corrected chi connectivity index (χ1v) is 6.19. The summed E-state index contributed by atoms with van der Waals surface area (Å²) in [4.78, 5) is 32.9. The van der Waals surface area contributed by atoms with Crippen molar-refractivity contribution >= 4 is 35.5 Å². The Morgan fingerprint density at radius 3 is 2.91 bits per heavy atom. The van der Waals surface area contributed by atoms with Gasteiger partial charge in [0.2, 0.25) is 5.95 Å². The SMILES string of the molecule is CC(N)C(=O)OCCOCn1cnc2c(=O)[nH]c(N)nc21.Cl. The highest BCUT2D eigenvalue weighted by Crippen LogP contribution is 2.06. The van der Waals surface area contributed by atoms with Crippen LogP contribution in [-0.2, 0) is 21.0 Å². The van der Waals surface area contributed by atoms with Crippen molar-refractivity contribution in [2.24, 2.45) is 5.73 Å². The van der Waals surface area contributed by atoms with Crippen LogP contribution in [0.2, 0.25) is 0 Å². The number of rotatable bonds is 6. The Hall–Kier alpha value is -2.17. The molecule has 11 heteroatoms. The van der Waals surface area contributed by atoms with Crippen LogP contribution in [-0.4, -0.2) is 44.7 Å². The van der Waals surface area contributed by atoms with E-state index in [4.69, 9.17) is 20.9 Å². The number of nitrogen functional groups attached to an aromatic ring is 1. The largest absolute Gasteiger partial charge is 0.462 e. The summed E-state index contributed by atoms with van der Waals surface area (Å²) in [6.07, 6.45) is 1.42. The molecule has 1 unspecified atom stereocenters. The Kier molecular flexibility index (Phi) is 6.28. The average molecular weight is 333 g/mol. The number of nitrogens with zero attached hydrogens (tertiary/aromatic N) is 3. The monoisotopic (exact) mass is 332 g/mol. The van der Waals surface area contributed by atoms with Crippen LogP contribution in [0.3, 0.4) is 0 Å². The smallest absolute Gasteiger partial charge is 0.322 e. The van der Waals surface area contributed by atoms with Gasteiger partial charge in [-0.25, -0.2) is 4.98 Å². The highest BCUT2D eigenvalue weighted by molar-refractivity contribution is 5.85. The summed E-state index contributed by atoms with van der Waals surface area (Å²) in [5, 5.41) is 0. The van der Waals surface area contributed by atoms with Crippen molar-refractivity contribution < 1.29 is 14.3 Å². The second kappa shape index (κ2) is 7.73. The van der Waals surface area contributed by atoms with E-state index in [0.717, 1.165) is 0 Å². The fourth-order valence-corrected chi connectivity index (χ4v) is 1.56. The van der Waals surface area contributed by atoms with Gasteiger partial charge in [0.25, 0.3) is 5.56 Å². The van der Waals surface area contributed by atoms with Crippen molar-refractivity contribution in [2.75, 3.05) is 18.9 Å². The van der Waals surface area contributed by atoms with Crippen molar-refractivity contribution in [2.45, 2.75) is 19.7 Å². The number of nitrogens with one attached hydrogen (secondary N) is 1. The third kappa shape index (κ3) is 4.16. The molecule has 0 radical (unpaired) electrons. The van der Waals surface area contributed by atoms with Crippen LogP contribution >= 0.6 is 12.4 Å². The topological polar surface area (TPSA) is 151 Å². The highest BCUT2D eigenvalue weighted by Gasteiger charge is 2.10. The third-order valence-electron chi connectivity index (χ3n) is 2.57. The van der Waals surface area contributed by atoms with Crippen LogP contribution in [0.4, 0.5) is 5.95 Å². The lowest BCUT2D eigenvalue weighted by Gasteiger charge is -2.08. The molecule has 5 N–H and O–H groups in total. The van der Waals surface area contributed by atoms with Crippen molar-refractivity contribution in [3.05, 3.63) is 16.7 Å². The number of hydrogen-bond acceptors (Lipinski definition) is 8. The van der Waals surface area contributed by atoms with Gasteiger partial charge < -0.3 is 20.9 Å². The lowest BCUT2D eigenvalue weighted by Crippen LogP contribution is -2.29. The molecule has 2 heterocycles. The predicted molar refractivity (Wildman–Crippen MR) is 80.4 cm³/mol. The molecule has 1 atom stereocenters. The quantitative estimate of drug-likeness (QED) is 0.449. The number of H-pyrrole nitrogens is 1. The van der Waals surface area contributed by atoms with E-state index < -0.39 is 17.6 Å². The first-order chi connectivity index (χ1) is 9.99. The van der Waals surface area contributed by atoms with Gasteiger partial charge in [0.15, 0.2) is 11.2 Å². The lowest BCUT2D eigenvalue weighted by atomic mass is 10.4. The van der Waals surface area contributed by atoms with Crippen LogP contribution in [0.5, 0.6) is 0 Å². The molecule has 122 valence electrons. The zero-order valence-corrected chi connectivity index (χ0v) is 12.6. The molecule has 0 aliphatic rings. The maximum Gasteiger partial charge on any atom is 0.322 e. The van der Waals surface area contributed by atoms with Gasteiger partial charge in [0, 0.05) is 0 Å². The summed E-state index contributed by atoms with van der Waals surface area (Å²) in [7, 11) is 0. The molecule has 2 aromatic rings. The van der Waals surface area contributed by atoms with Crippen LogP contribution in [0, 0.1) is 0 Å². The molecule has 10 nitrogen and oxygen atoms in total. The fourth-order valence-electron chi connectivity index (χ4n) is 1.56. The molecule has 0 aliphatic heterocycles. The van der Waals surface area contributed by atoms with E-state index in [1.807, 2.05) is 0 Å². The predicted octanol–water partition coefficient (Wildman–Crippen LogP) is -1.01. The zero-order chi connectivity index (χ0) is 15.4.